The Kier molecular flexibility index (Phi) is 13.0. The number of carboxylic acid groups (broad SMARTS) is 1. The van der Waals surface area contributed by atoms with E-state index in [1.807, 2.05) is 6.92 Å². The Balaban J connectivity index is 0. The topological polar surface area (TPSA) is 63.3 Å². The lowest BCUT2D eigenvalue weighted by Crippen LogP contribution is -2.13. The van der Waals surface area contributed by atoms with Crippen LogP contribution in [0.4, 0.5) is 0 Å². The van der Waals surface area contributed by atoms with Crippen molar-refractivity contribution in [2.75, 3.05) is 0 Å². The van der Waals surface area contributed by atoms with Crippen molar-refractivity contribution < 1.29 is 9.90 Å². The third-order valence-corrected chi connectivity index (χ3v) is 0.744. The fourth-order valence-electron chi connectivity index (χ4n) is 0.455. The van der Waals surface area contributed by atoms with Gasteiger partial charge in [-0.3, -0.25) is 4.79 Å². The second kappa shape index (κ2) is 10.4. The maximum Gasteiger partial charge on any atom is 0.290 e. The first kappa shape index (κ1) is 11.3. The molecule has 0 saturated heterocycles. The molecule has 0 aromatic heterocycles. The molecule has 0 bridgehead atoms. The number of hydrogen-bond acceptors (Lipinski definition) is 2. The molecule has 0 rings (SSSR count). The maximum absolute atomic E-state index is 8.36. The molecule has 0 heterocycles. The van der Waals surface area contributed by atoms with Crippen molar-refractivity contribution >= 4 is 6.47 Å². The van der Waals surface area contributed by atoms with Gasteiger partial charge in [-0.2, -0.15) is 0 Å². The summed E-state index contributed by atoms with van der Waals surface area (Å²) in [7, 11) is 0. The van der Waals surface area contributed by atoms with E-state index in [1.165, 1.54) is 6.42 Å². The van der Waals surface area contributed by atoms with E-state index in [1.54, 1.807) is 0 Å². The molecule has 0 radical (unpaired) electrons. The zero-order chi connectivity index (χ0) is 7.70. The molecule has 0 aliphatic rings. The van der Waals surface area contributed by atoms with Crippen molar-refractivity contribution in [2.24, 2.45) is 5.73 Å². The lowest BCUT2D eigenvalue weighted by atomic mass is 10.2. The SMILES string of the molecule is CCCC(C)N.O=CO. The number of nitrogens with two attached hydrogens (primary N) is 1. The van der Waals surface area contributed by atoms with Crippen LogP contribution in [0, 0.1) is 0 Å². The first-order valence-electron chi connectivity index (χ1n) is 3.02. The van der Waals surface area contributed by atoms with Gasteiger partial charge in [0.25, 0.3) is 6.47 Å². The predicted molar refractivity (Wildman–Crippen MR) is 37.3 cm³/mol. The molecule has 0 aliphatic carbocycles. The summed E-state index contributed by atoms with van der Waals surface area (Å²) in [5, 5.41) is 6.89. The fourth-order valence-corrected chi connectivity index (χ4v) is 0.455. The lowest BCUT2D eigenvalue weighted by Gasteiger charge is -1.96. The quantitative estimate of drug-likeness (QED) is 0.548. The van der Waals surface area contributed by atoms with E-state index in [4.69, 9.17) is 15.6 Å². The maximum atomic E-state index is 8.36. The summed E-state index contributed by atoms with van der Waals surface area (Å²) in [5.74, 6) is 0. The molecule has 3 heteroatoms. The zero-order valence-electron chi connectivity index (χ0n) is 6.00. The Morgan fingerprint density at radius 2 is 2.11 bits per heavy atom. The zero-order valence-corrected chi connectivity index (χ0v) is 6.00. The van der Waals surface area contributed by atoms with Crippen LogP contribution >= 0.6 is 0 Å². The normalized spacial score (nSPS) is 11.0. The molecular weight excluding hydrogens is 118 g/mol. The molecule has 0 aromatic rings. The second-order valence-electron chi connectivity index (χ2n) is 1.87. The summed E-state index contributed by atoms with van der Waals surface area (Å²) in [6.45, 7) is 3.92. The van der Waals surface area contributed by atoms with Crippen molar-refractivity contribution in [2.45, 2.75) is 32.7 Å². The van der Waals surface area contributed by atoms with Crippen LogP contribution in [0.1, 0.15) is 26.7 Å². The molecule has 3 N–H and O–H groups in total. The van der Waals surface area contributed by atoms with Crippen LogP contribution < -0.4 is 5.73 Å². The monoisotopic (exact) mass is 133 g/mol. The van der Waals surface area contributed by atoms with Gasteiger partial charge in [-0.1, -0.05) is 13.3 Å². The van der Waals surface area contributed by atoms with Crippen LogP contribution in [-0.2, 0) is 4.79 Å². The molecular formula is C6H15NO2. The van der Waals surface area contributed by atoms with Crippen LogP contribution in [0.2, 0.25) is 0 Å². The van der Waals surface area contributed by atoms with Crippen LogP contribution in [0.5, 0.6) is 0 Å². The van der Waals surface area contributed by atoms with Crippen molar-refractivity contribution in [3.63, 3.8) is 0 Å². The van der Waals surface area contributed by atoms with E-state index >= 15 is 0 Å². The Morgan fingerprint density at radius 1 is 1.78 bits per heavy atom. The van der Waals surface area contributed by atoms with E-state index in [-0.39, 0.29) is 6.47 Å². The highest BCUT2D eigenvalue weighted by Gasteiger charge is 1.85. The van der Waals surface area contributed by atoms with Gasteiger partial charge < -0.3 is 10.8 Å². The molecule has 3 nitrogen and oxygen atoms in total. The highest BCUT2D eigenvalue weighted by molar-refractivity contribution is 5.32. The van der Waals surface area contributed by atoms with Crippen LogP contribution in [0.3, 0.4) is 0 Å². The van der Waals surface area contributed by atoms with Gasteiger partial charge in [0.2, 0.25) is 0 Å². The molecule has 0 fully saturated rings. The summed E-state index contributed by atoms with van der Waals surface area (Å²) in [6.07, 6.45) is 2.36. The fraction of sp³-hybridized carbons (Fsp3) is 0.833. The highest BCUT2D eigenvalue weighted by Crippen LogP contribution is 1.88. The van der Waals surface area contributed by atoms with Gasteiger partial charge in [0.1, 0.15) is 0 Å². The average molecular weight is 133 g/mol. The van der Waals surface area contributed by atoms with E-state index < -0.39 is 0 Å². The van der Waals surface area contributed by atoms with Crippen molar-refractivity contribution in [3.8, 4) is 0 Å². The van der Waals surface area contributed by atoms with Crippen LogP contribution in [-0.4, -0.2) is 17.6 Å². The molecule has 1 atom stereocenters. The van der Waals surface area contributed by atoms with Gasteiger partial charge in [-0.05, 0) is 13.3 Å². The Bertz CT molecular complexity index is 55.0. The minimum absolute atomic E-state index is 0.250. The summed E-state index contributed by atoms with van der Waals surface area (Å²) in [4.78, 5) is 8.36. The van der Waals surface area contributed by atoms with Gasteiger partial charge in [-0.15, -0.1) is 0 Å². The molecule has 56 valence electrons. The van der Waals surface area contributed by atoms with E-state index in [0.29, 0.717) is 6.04 Å². The number of carbonyl (C=O) groups is 1. The Morgan fingerprint density at radius 3 is 2.11 bits per heavy atom. The predicted octanol–water partition coefficient (Wildman–Crippen LogP) is 0.834. The summed E-state index contributed by atoms with van der Waals surface area (Å²) in [5.41, 5.74) is 5.40. The minimum Gasteiger partial charge on any atom is -0.483 e. The number of hydrogen-bond donors (Lipinski definition) is 2. The molecule has 9 heavy (non-hydrogen) atoms. The lowest BCUT2D eigenvalue weighted by molar-refractivity contribution is -0.122. The third-order valence-electron chi connectivity index (χ3n) is 0.744. The molecule has 0 saturated carbocycles. The smallest absolute Gasteiger partial charge is 0.290 e. The van der Waals surface area contributed by atoms with Crippen LogP contribution in [0.25, 0.3) is 0 Å². The van der Waals surface area contributed by atoms with Crippen molar-refractivity contribution in [1.82, 2.24) is 0 Å². The minimum atomic E-state index is -0.250. The first-order valence-corrected chi connectivity index (χ1v) is 3.02. The third kappa shape index (κ3) is 37.1. The summed E-state index contributed by atoms with van der Waals surface area (Å²) in [6, 6.07) is 0.398. The number of rotatable bonds is 2. The average Bonchev–Trinajstić information content (AvgIpc) is 1.67. The summed E-state index contributed by atoms with van der Waals surface area (Å²) >= 11 is 0. The summed E-state index contributed by atoms with van der Waals surface area (Å²) < 4.78 is 0. The Hall–Kier alpha value is -0.570. The van der Waals surface area contributed by atoms with Gasteiger partial charge in [0.05, 0.1) is 0 Å². The largest absolute Gasteiger partial charge is 0.483 e. The standard InChI is InChI=1S/C5H13N.CH2O2/c1-3-4-5(2)6;2-1-3/h5H,3-4,6H2,1-2H3;1H,(H,2,3). The first-order chi connectivity index (χ1) is 4.18. The molecule has 0 spiro atoms. The van der Waals surface area contributed by atoms with Crippen molar-refractivity contribution in [1.29, 1.82) is 0 Å². The van der Waals surface area contributed by atoms with E-state index in [0.717, 1.165) is 6.42 Å². The van der Waals surface area contributed by atoms with Gasteiger partial charge in [0.15, 0.2) is 0 Å². The van der Waals surface area contributed by atoms with Crippen molar-refractivity contribution in [3.05, 3.63) is 0 Å². The van der Waals surface area contributed by atoms with Gasteiger partial charge in [-0.25, -0.2) is 0 Å². The van der Waals surface area contributed by atoms with Crippen LogP contribution in [0.15, 0.2) is 0 Å². The highest BCUT2D eigenvalue weighted by atomic mass is 16.3. The molecule has 0 aromatic carbocycles. The second-order valence-corrected chi connectivity index (χ2v) is 1.87. The molecule has 1 unspecified atom stereocenters. The van der Waals surface area contributed by atoms with Gasteiger partial charge >= 0.3 is 0 Å². The molecule has 0 amide bonds. The van der Waals surface area contributed by atoms with Gasteiger partial charge in [0, 0.05) is 6.04 Å². The Labute approximate surface area is 55.9 Å². The van der Waals surface area contributed by atoms with E-state index in [9.17, 15) is 0 Å². The molecule has 0 aliphatic heterocycles. The van der Waals surface area contributed by atoms with E-state index in [2.05, 4.69) is 6.92 Å².